The largest absolute Gasteiger partial charge is 0.325 e. The van der Waals surface area contributed by atoms with Crippen molar-refractivity contribution in [3.63, 3.8) is 0 Å². The molecule has 0 bridgehead atoms. The van der Waals surface area contributed by atoms with E-state index in [-0.39, 0.29) is 18.2 Å². The number of hydrogen-bond donors (Lipinski definition) is 1. The topological polar surface area (TPSA) is 61.8 Å². The van der Waals surface area contributed by atoms with Crippen LogP contribution in [0.3, 0.4) is 0 Å². The quantitative estimate of drug-likeness (QED) is 0.556. The van der Waals surface area contributed by atoms with Crippen LogP contribution >= 0.6 is 35.0 Å². The zero-order chi connectivity index (χ0) is 21.8. The van der Waals surface area contributed by atoms with Gasteiger partial charge in [0, 0.05) is 18.0 Å². The third-order valence-corrected chi connectivity index (χ3v) is 6.29. The molecule has 2 amide bonds. The second-order valence-corrected chi connectivity index (χ2v) is 8.87. The normalized spacial score (nSPS) is 17.5. The van der Waals surface area contributed by atoms with E-state index in [1.54, 1.807) is 29.2 Å². The van der Waals surface area contributed by atoms with Crippen LogP contribution in [0.25, 0.3) is 0 Å². The maximum Gasteiger partial charge on any atom is 0.242 e. The number of para-hydroxylation sites is 1. The number of halogens is 2. The molecule has 1 heterocycles. The fourth-order valence-electron chi connectivity index (χ4n) is 3.06. The predicted octanol–water partition coefficient (Wildman–Crippen LogP) is 5.76. The van der Waals surface area contributed by atoms with E-state index in [0.717, 1.165) is 16.8 Å². The molecular weight excluding hydrogens is 441 g/mol. The average molecular weight is 462 g/mol. The molecule has 0 radical (unpaired) electrons. The lowest BCUT2D eigenvalue weighted by atomic mass is 10.1. The first kappa shape index (κ1) is 22.4. The van der Waals surface area contributed by atoms with Gasteiger partial charge in [0.1, 0.15) is 5.25 Å². The lowest BCUT2D eigenvalue weighted by Gasteiger charge is -2.15. The van der Waals surface area contributed by atoms with Crippen LogP contribution in [0, 0.1) is 13.8 Å². The number of carbonyl (C=O) groups excluding carboxylic acids is 2. The van der Waals surface area contributed by atoms with Gasteiger partial charge in [0.05, 0.1) is 16.4 Å². The van der Waals surface area contributed by atoms with Crippen molar-refractivity contribution >= 4 is 63.3 Å². The maximum atomic E-state index is 12.9. The van der Waals surface area contributed by atoms with Gasteiger partial charge in [0.15, 0.2) is 5.17 Å². The van der Waals surface area contributed by atoms with Gasteiger partial charge in [-0.15, -0.1) is 6.58 Å². The lowest BCUT2D eigenvalue weighted by molar-refractivity contribution is -0.127. The number of hydrogen-bond acceptors (Lipinski definition) is 4. The standard InChI is InChI=1S/C22H21Cl2N3O2S/c1-4-10-27-21(29)18(12-19(28)25-17-11-15(23)8-9-16(17)24)30-22(27)26-20-13(2)6-5-7-14(20)3/h4-9,11,18H,1,10,12H2,2-3H3,(H,25,28)/t18-/m1/s1. The second-order valence-electron chi connectivity index (χ2n) is 6.86. The molecule has 5 nitrogen and oxygen atoms in total. The molecule has 0 unspecified atom stereocenters. The minimum atomic E-state index is -0.578. The summed E-state index contributed by atoms with van der Waals surface area (Å²) in [5.74, 6) is -0.492. The van der Waals surface area contributed by atoms with Crippen molar-refractivity contribution in [1.29, 1.82) is 0 Å². The average Bonchev–Trinajstić information content (AvgIpc) is 2.97. The van der Waals surface area contributed by atoms with Crippen LogP contribution in [0.2, 0.25) is 10.0 Å². The number of amidine groups is 1. The summed E-state index contributed by atoms with van der Waals surface area (Å²) < 4.78 is 0. The molecule has 0 aromatic heterocycles. The van der Waals surface area contributed by atoms with Gasteiger partial charge in [-0.2, -0.15) is 0 Å². The molecule has 30 heavy (non-hydrogen) atoms. The van der Waals surface area contributed by atoms with Crippen LogP contribution in [0.5, 0.6) is 0 Å². The first-order valence-electron chi connectivity index (χ1n) is 9.29. The summed E-state index contributed by atoms with van der Waals surface area (Å²) in [5, 5.41) is 3.55. The monoisotopic (exact) mass is 461 g/mol. The summed E-state index contributed by atoms with van der Waals surface area (Å²) in [6.45, 7) is 8.01. The Morgan fingerprint density at radius 3 is 2.63 bits per heavy atom. The first-order valence-corrected chi connectivity index (χ1v) is 10.9. The third kappa shape index (κ3) is 5.06. The number of amides is 2. The molecule has 1 fully saturated rings. The van der Waals surface area contributed by atoms with E-state index in [1.807, 2.05) is 32.0 Å². The number of nitrogens with one attached hydrogen (secondary N) is 1. The molecule has 156 valence electrons. The number of carbonyl (C=O) groups is 2. The number of rotatable bonds is 6. The van der Waals surface area contributed by atoms with Crippen LogP contribution in [-0.4, -0.2) is 33.7 Å². The van der Waals surface area contributed by atoms with Crippen LogP contribution in [0.4, 0.5) is 11.4 Å². The number of benzene rings is 2. The number of nitrogens with zero attached hydrogens (tertiary/aromatic N) is 2. The number of anilines is 1. The lowest BCUT2D eigenvalue weighted by Crippen LogP contribution is -2.33. The number of aliphatic imine (C=N–C) groups is 1. The van der Waals surface area contributed by atoms with Crippen molar-refractivity contribution in [2.75, 3.05) is 11.9 Å². The predicted molar refractivity (Wildman–Crippen MR) is 126 cm³/mol. The Hall–Kier alpha value is -2.28. The molecule has 2 aromatic rings. The molecule has 1 atom stereocenters. The van der Waals surface area contributed by atoms with Gasteiger partial charge >= 0.3 is 0 Å². The van der Waals surface area contributed by atoms with Crippen LogP contribution in [0.1, 0.15) is 17.5 Å². The van der Waals surface area contributed by atoms with Gasteiger partial charge in [-0.25, -0.2) is 4.99 Å². The van der Waals surface area contributed by atoms with Crippen LogP contribution in [-0.2, 0) is 9.59 Å². The molecular formula is C22H21Cl2N3O2S. The van der Waals surface area contributed by atoms with Gasteiger partial charge < -0.3 is 5.32 Å². The zero-order valence-electron chi connectivity index (χ0n) is 16.6. The Labute approximate surface area is 190 Å². The molecule has 8 heteroatoms. The summed E-state index contributed by atoms with van der Waals surface area (Å²) in [4.78, 5) is 31.8. The number of thioether (sulfide) groups is 1. The Morgan fingerprint density at radius 2 is 1.97 bits per heavy atom. The third-order valence-electron chi connectivity index (χ3n) is 4.55. The van der Waals surface area contributed by atoms with Crippen molar-refractivity contribution < 1.29 is 9.59 Å². The van der Waals surface area contributed by atoms with Crippen molar-refractivity contribution in [2.24, 2.45) is 4.99 Å². The van der Waals surface area contributed by atoms with Gasteiger partial charge in [0.2, 0.25) is 11.8 Å². The second kappa shape index (κ2) is 9.69. The molecule has 2 aromatic carbocycles. The highest BCUT2D eigenvalue weighted by molar-refractivity contribution is 8.15. The van der Waals surface area contributed by atoms with Crippen LogP contribution < -0.4 is 5.32 Å². The van der Waals surface area contributed by atoms with Gasteiger partial charge in [-0.3, -0.25) is 14.5 Å². The molecule has 3 rings (SSSR count). The van der Waals surface area contributed by atoms with Gasteiger partial charge in [-0.05, 0) is 43.2 Å². The Balaban J connectivity index is 1.80. The van der Waals surface area contributed by atoms with Gasteiger partial charge in [0.25, 0.3) is 0 Å². The summed E-state index contributed by atoms with van der Waals surface area (Å²) in [6, 6.07) is 10.7. The van der Waals surface area contributed by atoms with Gasteiger partial charge in [-0.1, -0.05) is 59.2 Å². The van der Waals surface area contributed by atoms with E-state index in [9.17, 15) is 9.59 Å². The number of aryl methyl sites for hydroxylation is 2. The van der Waals surface area contributed by atoms with E-state index < -0.39 is 5.25 Å². The summed E-state index contributed by atoms with van der Waals surface area (Å²) >= 11 is 13.4. The van der Waals surface area contributed by atoms with E-state index in [2.05, 4.69) is 11.9 Å². The van der Waals surface area contributed by atoms with Crippen molar-refractivity contribution in [1.82, 2.24) is 4.90 Å². The maximum absolute atomic E-state index is 12.9. The Bertz CT molecular complexity index is 1020. The molecule has 1 N–H and O–H groups in total. The van der Waals surface area contributed by atoms with E-state index >= 15 is 0 Å². The minimum Gasteiger partial charge on any atom is -0.325 e. The Morgan fingerprint density at radius 1 is 1.27 bits per heavy atom. The van der Waals surface area contributed by atoms with Crippen molar-refractivity contribution in [3.8, 4) is 0 Å². The highest BCUT2D eigenvalue weighted by atomic mass is 35.5. The summed E-state index contributed by atoms with van der Waals surface area (Å²) in [7, 11) is 0. The zero-order valence-corrected chi connectivity index (χ0v) is 18.9. The minimum absolute atomic E-state index is 0.00818. The molecule has 1 aliphatic heterocycles. The molecule has 0 spiro atoms. The fraction of sp³-hybridized carbons (Fsp3) is 0.227. The van der Waals surface area contributed by atoms with E-state index in [1.165, 1.54) is 11.8 Å². The first-order chi connectivity index (χ1) is 14.3. The SMILES string of the molecule is C=CCN1C(=O)[C@@H](CC(=O)Nc2cc(Cl)ccc2Cl)SC1=Nc1c(C)cccc1C. The fourth-order valence-corrected chi connectivity index (χ4v) is 4.55. The Kier molecular flexibility index (Phi) is 7.23. The smallest absolute Gasteiger partial charge is 0.242 e. The highest BCUT2D eigenvalue weighted by Crippen LogP contribution is 2.34. The van der Waals surface area contributed by atoms with Crippen molar-refractivity contribution in [2.45, 2.75) is 25.5 Å². The van der Waals surface area contributed by atoms with Crippen molar-refractivity contribution in [3.05, 3.63) is 70.2 Å². The van der Waals surface area contributed by atoms with Crippen LogP contribution in [0.15, 0.2) is 54.0 Å². The van der Waals surface area contributed by atoms with E-state index in [4.69, 9.17) is 28.2 Å². The highest BCUT2D eigenvalue weighted by Gasteiger charge is 2.38. The summed E-state index contributed by atoms with van der Waals surface area (Å²) in [6.07, 6.45) is 1.64. The molecule has 0 aliphatic carbocycles. The molecule has 0 saturated carbocycles. The summed E-state index contributed by atoms with van der Waals surface area (Å²) in [5.41, 5.74) is 3.28. The molecule has 1 aliphatic rings. The van der Waals surface area contributed by atoms with E-state index in [0.29, 0.717) is 27.4 Å². The molecule has 1 saturated heterocycles.